The minimum absolute atomic E-state index is 0.0642. The first-order valence-electron chi connectivity index (χ1n) is 9.76. The van der Waals surface area contributed by atoms with Gasteiger partial charge < -0.3 is 4.74 Å². The van der Waals surface area contributed by atoms with E-state index in [-0.39, 0.29) is 23.9 Å². The summed E-state index contributed by atoms with van der Waals surface area (Å²) in [5.74, 6) is -0.837. The Hall–Kier alpha value is -4.14. The average Bonchev–Trinajstić information content (AvgIpc) is 3.33. The van der Waals surface area contributed by atoms with Crippen molar-refractivity contribution in [3.05, 3.63) is 77.5 Å². The summed E-state index contributed by atoms with van der Waals surface area (Å²) in [7, 11) is 0. The number of hydrogen-bond donors (Lipinski definition) is 1. The number of azo groups is 1. The number of hydrogen-bond acceptors (Lipinski definition) is 7. The number of H-pyrrole nitrogens is 1. The van der Waals surface area contributed by atoms with E-state index in [4.69, 9.17) is 4.74 Å². The van der Waals surface area contributed by atoms with Gasteiger partial charge in [-0.25, -0.2) is 4.79 Å². The topological polar surface area (TPSA) is 112 Å². The zero-order valence-corrected chi connectivity index (χ0v) is 17.0. The molecule has 0 unspecified atom stereocenters. The zero-order valence-electron chi connectivity index (χ0n) is 17.0. The number of rotatable bonds is 6. The van der Waals surface area contributed by atoms with Crippen molar-refractivity contribution < 1.29 is 14.3 Å². The number of aromatic amines is 1. The minimum atomic E-state index is -0.977. The zero-order chi connectivity index (χ0) is 21.8. The van der Waals surface area contributed by atoms with E-state index < -0.39 is 12.0 Å². The van der Waals surface area contributed by atoms with Crippen LogP contribution in [-0.4, -0.2) is 40.4 Å². The Morgan fingerprint density at radius 2 is 1.81 bits per heavy atom. The molecule has 1 aliphatic heterocycles. The van der Waals surface area contributed by atoms with Gasteiger partial charge in [0, 0.05) is 11.3 Å². The molecule has 0 aliphatic carbocycles. The van der Waals surface area contributed by atoms with Crippen LogP contribution in [0.1, 0.15) is 28.5 Å². The van der Waals surface area contributed by atoms with Crippen molar-refractivity contribution in [1.29, 1.82) is 0 Å². The molecule has 0 fully saturated rings. The lowest BCUT2D eigenvalue weighted by Crippen LogP contribution is -2.30. The van der Waals surface area contributed by atoms with Gasteiger partial charge in [0.2, 0.25) is 5.82 Å². The van der Waals surface area contributed by atoms with Crippen molar-refractivity contribution >= 4 is 29.1 Å². The van der Waals surface area contributed by atoms with E-state index in [0.29, 0.717) is 17.1 Å². The number of aryl methyl sites for hydroxylation is 1. The molecule has 0 spiro atoms. The van der Waals surface area contributed by atoms with Crippen molar-refractivity contribution in [1.82, 2.24) is 10.2 Å². The maximum atomic E-state index is 13.2. The quantitative estimate of drug-likeness (QED) is 0.486. The van der Waals surface area contributed by atoms with E-state index in [0.717, 1.165) is 5.56 Å². The average molecular weight is 416 g/mol. The van der Waals surface area contributed by atoms with Gasteiger partial charge in [0.1, 0.15) is 11.3 Å². The molecule has 9 heteroatoms. The smallest absolute Gasteiger partial charge is 0.343 e. The molecule has 0 saturated carbocycles. The van der Waals surface area contributed by atoms with Crippen molar-refractivity contribution in [3.63, 3.8) is 0 Å². The number of carbonyl (C=O) groups excluding carboxylic acids is 2. The third-order valence-corrected chi connectivity index (χ3v) is 4.66. The largest absolute Gasteiger partial charge is 0.462 e. The summed E-state index contributed by atoms with van der Waals surface area (Å²) < 4.78 is 5.07. The van der Waals surface area contributed by atoms with Gasteiger partial charge in [-0.15, -0.1) is 5.11 Å². The molecule has 0 radical (unpaired) electrons. The second kappa shape index (κ2) is 8.70. The monoisotopic (exact) mass is 416 g/mol. The van der Waals surface area contributed by atoms with Crippen molar-refractivity contribution in [3.8, 4) is 0 Å². The van der Waals surface area contributed by atoms with Crippen LogP contribution in [-0.2, 0) is 9.53 Å². The summed E-state index contributed by atoms with van der Waals surface area (Å²) in [5, 5.41) is 20.9. The summed E-state index contributed by atoms with van der Waals surface area (Å²) in [6.07, 6.45) is 0. The Bertz CT molecular complexity index is 1150. The molecule has 9 nitrogen and oxygen atoms in total. The normalized spacial score (nSPS) is 16.1. The summed E-state index contributed by atoms with van der Waals surface area (Å²) in [6.45, 7) is 3.62. The number of benzene rings is 2. The van der Waals surface area contributed by atoms with Crippen LogP contribution in [0.4, 0.5) is 11.5 Å². The van der Waals surface area contributed by atoms with Crippen LogP contribution >= 0.6 is 0 Å². The van der Waals surface area contributed by atoms with E-state index in [1.54, 1.807) is 26.0 Å². The van der Waals surface area contributed by atoms with E-state index in [1.165, 1.54) is 5.01 Å². The summed E-state index contributed by atoms with van der Waals surface area (Å²) in [5.41, 5.74) is 2.54. The number of aromatic nitrogens is 2. The summed E-state index contributed by atoms with van der Waals surface area (Å²) in [6, 6.07) is 17.4. The highest BCUT2D eigenvalue weighted by Gasteiger charge is 2.38. The number of anilines is 1. The molecule has 1 atom stereocenters. The molecule has 31 heavy (non-hydrogen) atoms. The Labute approximate surface area is 178 Å². The first-order chi connectivity index (χ1) is 15.1. The molecule has 2 heterocycles. The molecule has 1 N–H and O–H groups in total. The molecule has 1 amide bonds. The van der Waals surface area contributed by atoms with Crippen molar-refractivity contribution in [2.24, 2.45) is 15.3 Å². The Kier molecular flexibility index (Phi) is 5.65. The summed E-state index contributed by atoms with van der Waals surface area (Å²) in [4.78, 5) is 25.4. The lowest BCUT2D eigenvalue weighted by molar-refractivity contribution is -0.117. The van der Waals surface area contributed by atoms with Crippen molar-refractivity contribution in [2.45, 2.75) is 19.9 Å². The van der Waals surface area contributed by atoms with Crippen molar-refractivity contribution in [2.75, 3.05) is 11.6 Å². The first kappa shape index (κ1) is 20.1. The van der Waals surface area contributed by atoms with Gasteiger partial charge in [-0.2, -0.15) is 20.3 Å². The number of carbonyl (C=O) groups is 2. The summed E-state index contributed by atoms with van der Waals surface area (Å²) >= 11 is 0. The number of para-hydroxylation sites is 1. The first-order valence-corrected chi connectivity index (χ1v) is 9.76. The van der Waals surface area contributed by atoms with Crippen LogP contribution in [0.2, 0.25) is 0 Å². The highest BCUT2D eigenvalue weighted by atomic mass is 16.5. The fourth-order valence-corrected chi connectivity index (χ4v) is 3.18. The molecule has 1 aliphatic rings. The molecular weight excluding hydrogens is 396 g/mol. The van der Waals surface area contributed by atoms with Crippen LogP contribution in [0.15, 0.2) is 76.0 Å². The van der Waals surface area contributed by atoms with Gasteiger partial charge in [-0.05, 0) is 26.0 Å². The Balaban J connectivity index is 1.71. The molecule has 156 valence electrons. The maximum absolute atomic E-state index is 13.2. The van der Waals surface area contributed by atoms with Crippen LogP contribution in [0.25, 0.3) is 0 Å². The third-order valence-electron chi connectivity index (χ3n) is 4.66. The third kappa shape index (κ3) is 3.97. The Morgan fingerprint density at radius 3 is 2.48 bits per heavy atom. The number of ether oxygens (including phenoxy) is 1. The van der Waals surface area contributed by atoms with E-state index in [1.807, 2.05) is 48.5 Å². The van der Waals surface area contributed by atoms with E-state index >= 15 is 0 Å². The number of nitrogens with zero attached hydrogens (tertiary/aromatic N) is 5. The molecule has 4 rings (SSSR count). The van der Waals surface area contributed by atoms with Crippen LogP contribution < -0.4 is 5.01 Å². The maximum Gasteiger partial charge on any atom is 0.343 e. The van der Waals surface area contributed by atoms with Gasteiger partial charge in [-0.3, -0.25) is 9.89 Å². The highest BCUT2D eigenvalue weighted by molar-refractivity contribution is 6.24. The number of nitrogens with one attached hydrogen (secondary N) is 1. The second-order valence-corrected chi connectivity index (χ2v) is 6.72. The van der Waals surface area contributed by atoms with Gasteiger partial charge >= 0.3 is 5.97 Å². The lowest BCUT2D eigenvalue weighted by Gasteiger charge is -2.11. The molecular formula is C22H20N6O3. The fourth-order valence-electron chi connectivity index (χ4n) is 3.18. The van der Waals surface area contributed by atoms with Gasteiger partial charge in [0.25, 0.3) is 5.91 Å². The fraction of sp³-hybridized carbons (Fsp3) is 0.182. The molecule has 0 saturated heterocycles. The Morgan fingerprint density at radius 1 is 1.13 bits per heavy atom. The highest BCUT2D eigenvalue weighted by Crippen LogP contribution is 2.27. The van der Waals surface area contributed by atoms with E-state index in [9.17, 15) is 9.59 Å². The van der Waals surface area contributed by atoms with E-state index in [2.05, 4.69) is 25.5 Å². The predicted molar refractivity (Wildman–Crippen MR) is 114 cm³/mol. The standard InChI is InChI=1S/C22H20N6O3/c1-3-31-22(30)17-14(2)23-25-20(17)26-24-19-18(15-10-6-4-7-11-15)27-28(21(19)29)16-12-8-5-9-13-16/h4-13,19H,3H2,1-2H3,(H,23,25)/t19-/m0/s1. The predicted octanol–water partition coefficient (Wildman–Crippen LogP) is 3.80. The van der Waals surface area contributed by atoms with Gasteiger partial charge in [0.05, 0.1) is 12.3 Å². The molecule has 0 bridgehead atoms. The minimum Gasteiger partial charge on any atom is -0.462 e. The van der Waals surface area contributed by atoms with Gasteiger partial charge in [0.15, 0.2) is 6.04 Å². The van der Waals surface area contributed by atoms with Crippen LogP contribution in [0.3, 0.4) is 0 Å². The SMILES string of the molecule is CCOC(=O)c1c(N=N[C@@H]2C(=O)N(c3ccccc3)N=C2c2ccccc2)n[nH]c1C. The lowest BCUT2D eigenvalue weighted by atomic mass is 10.0. The molecule has 3 aromatic rings. The number of esters is 1. The number of amides is 1. The van der Waals surface area contributed by atoms with Crippen LogP contribution in [0.5, 0.6) is 0 Å². The number of hydrazone groups is 1. The van der Waals surface area contributed by atoms with Gasteiger partial charge in [-0.1, -0.05) is 48.5 Å². The second-order valence-electron chi connectivity index (χ2n) is 6.72. The molecule has 2 aromatic carbocycles. The molecule has 1 aromatic heterocycles. The van der Waals surface area contributed by atoms with Crippen LogP contribution in [0, 0.1) is 6.92 Å².